The maximum Gasteiger partial charge on any atom is 0.0468 e. The van der Waals surface area contributed by atoms with E-state index in [0.29, 0.717) is 5.41 Å². The number of fused-ring (bicyclic) bond motifs is 1. The van der Waals surface area contributed by atoms with Crippen LogP contribution in [-0.4, -0.2) is 0 Å². The zero-order chi connectivity index (χ0) is 35.2. The number of para-hydroxylation sites is 1. The van der Waals surface area contributed by atoms with Gasteiger partial charge >= 0.3 is 0 Å². The molecule has 0 spiro atoms. The van der Waals surface area contributed by atoms with Crippen LogP contribution in [0.3, 0.4) is 0 Å². The molecular weight excluding hydrogens is 639 g/mol. The average Bonchev–Trinajstić information content (AvgIpc) is 3.94. The van der Waals surface area contributed by atoms with Gasteiger partial charge in [-0.1, -0.05) is 171 Å². The summed E-state index contributed by atoms with van der Waals surface area (Å²) in [4.78, 5) is 2.44. The highest BCUT2D eigenvalue weighted by Gasteiger charge is 2.67. The third-order valence-corrected chi connectivity index (χ3v) is 12.4. The van der Waals surface area contributed by atoms with E-state index >= 15 is 0 Å². The van der Waals surface area contributed by atoms with E-state index in [-0.39, 0.29) is 5.41 Å². The number of benzene rings is 7. The minimum absolute atomic E-state index is 0.268. The summed E-state index contributed by atoms with van der Waals surface area (Å²) < 4.78 is 0. The predicted octanol–water partition coefficient (Wildman–Crippen LogP) is 14.6. The Kier molecular flexibility index (Phi) is 7.76. The topological polar surface area (TPSA) is 3.24 Å². The lowest BCUT2D eigenvalue weighted by molar-refractivity contribution is 0.458. The molecule has 2 fully saturated rings. The lowest BCUT2D eigenvalue weighted by atomic mass is 9.74. The molecule has 0 heterocycles. The molecule has 1 heteroatoms. The molecule has 0 bridgehead atoms. The van der Waals surface area contributed by atoms with Gasteiger partial charge in [-0.3, -0.25) is 0 Å². The molecule has 7 aromatic carbocycles. The largest absolute Gasteiger partial charge is 0.310 e. The van der Waals surface area contributed by atoms with Gasteiger partial charge in [-0.05, 0) is 116 Å². The third kappa shape index (κ3) is 5.37. The van der Waals surface area contributed by atoms with E-state index in [1.807, 2.05) is 0 Å². The number of hydrogen-bond donors (Lipinski definition) is 0. The fourth-order valence-corrected chi connectivity index (χ4v) is 9.85. The fourth-order valence-electron chi connectivity index (χ4n) is 9.85. The normalized spacial score (nSPS) is 20.2. The first kappa shape index (κ1) is 31.8. The van der Waals surface area contributed by atoms with Crippen LogP contribution in [0, 0.1) is 10.8 Å². The summed E-state index contributed by atoms with van der Waals surface area (Å²) in [6.07, 6.45) is 15.3. The van der Waals surface area contributed by atoms with E-state index < -0.39 is 0 Å². The quantitative estimate of drug-likeness (QED) is 0.162. The van der Waals surface area contributed by atoms with Gasteiger partial charge in [-0.15, -0.1) is 0 Å². The molecule has 2 unspecified atom stereocenters. The Hall–Kier alpha value is -5.92. The summed E-state index contributed by atoms with van der Waals surface area (Å²) >= 11 is 0. The van der Waals surface area contributed by atoms with Crippen molar-refractivity contribution in [2.75, 3.05) is 4.90 Å². The minimum Gasteiger partial charge on any atom is -0.310 e. The Balaban J connectivity index is 1.16. The van der Waals surface area contributed by atoms with Gasteiger partial charge in [0.05, 0.1) is 0 Å². The highest BCUT2D eigenvalue weighted by molar-refractivity contribution is 6.01. The zero-order valence-corrected chi connectivity index (χ0v) is 30.1. The molecule has 2 saturated carbocycles. The molecule has 0 radical (unpaired) electrons. The van der Waals surface area contributed by atoms with Crippen molar-refractivity contribution in [2.45, 2.75) is 38.5 Å². The van der Waals surface area contributed by atoms with Crippen LogP contribution in [0.2, 0.25) is 0 Å². The second kappa shape index (κ2) is 12.9. The summed E-state index contributed by atoms with van der Waals surface area (Å²) in [7, 11) is 0. The van der Waals surface area contributed by atoms with E-state index in [9.17, 15) is 0 Å². The minimum atomic E-state index is 0.268. The molecule has 53 heavy (non-hydrogen) atoms. The molecule has 10 rings (SSSR count). The molecule has 7 aromatic rings. The standard InChI is InChI=1S/C52H43N/c1-5-17-39(18-6-1)48-35-42(28-30-46(48)45-26-15-22-38-21-11-12-25-44(38)45)53(41-23-9-3-10-24-41)43-29-31-47(49(36-43)40-19-7-2-8-20-40)50-27-16-33-51-32-13-4-14-34-52(50,51)37-51/h1-3,5-12,15-31,33,35-36H,4,13-14,32,34,37H2. The van der Waals surface area contributed by atoms with Crippen molar-refractivity contribution in [1.82, 2.24) is 0 Å². The summed E-state index contributed by atoms with van der Waals surface area (Å²) in [5.41, 5.74) is 14.5. The Morgan fingerprint density at radius 1 is 0.434 bits per heavy atom. The van der Waals surface area contributed by atoms with Crippen molar-refractivity contribution in [2.24, 2.45) is 10.8 Å². The first-order valence-corrected chi connectivity index (χ1v) is 19.4. The monoisotopic (exact) mass is 681 g/mol. The van der Waals surface area contributed by atoms with Crippen molar-refractivity contribution in [3.8, 4) is 33.4 Å². The van der Waals surface area contributed by atoms with Crippen LogP contribution in [0.1, 0.15) is 44.1 Å². The van der Waals surface area contributed by atoms with Crippen LogP contribution in [-0.2, 0) is 0 Å². The number of hydrogen-bond acceptors (Lipinski definition) is 1. The molecular formula is C52H43N. The average molecular weight is 682 g/mol. The SMILES string of the molecule is C1=CC23CCCCCC2(C3)C(c2ccc(N(c3ccccc3)c3ccc(-c4cccc5ccccc45)c(-c4ccccc4)c3)cc2-c2ccccc2)=C1. The third-order valence-electron chi connectivity index (χ3n) is 12.4. The second-order valence-corrected chi connectivity index (χ2v) is 15.3. The van der Waals surface area contributed by atoms with Gasteiger partial charge in [-0.2, -0.15) is 0 Å². The van der Waals surface area contributed by atoms with Crippen LogP contribution < -0.4 is 4.90 Å². The van der Waals surface area contributed by atoms with Crippen LogP contribution in [0.5, 0.6) is 0 Å². The lowest BCUT2D eigenvalue weighted by Gasteiger charge is -2.31. The molecule has 0 saturated heterocycles. The number of allylic oxidation sites excluding steroid dienone is 4. The molecule has 3 aliphatic rings. The smallest absolute Gasteiger partial charge is 0.0468 e. The van der Waals surface area contributed by atoms with Gasteiger partial charge in [0.1, 0.15) is 0 Å². The molecule has 2 atom stereocenters. The second-order valence-electron chi connectivity index (χ2n) is 15.3. The highest BCUT2D eigenvalue weighted by Crippen LogP contribution is 2.77. The van der Waals surface area contributed by atoms with E-state index in [1.54, 1.807) is 5.57 Å². The highest BCUT2D eigenvalue weighted by atomic mass is 15.1. The van der Waals surface area contributed by atoms with Gasteiger partial charge in [0.25, 0.3) is 0 Å². The Bertz CT molecular complexity index is 2510. The van der Waals surface area contributed by atoms with Gasteiger partial charge in [-0.25, -0.2) is 0 Å². The Labute approximate surface area is 313 Å². The van der Waals surface area contributed by atoms with Crippen molar-refractivity contribution in [1.29, 1.82) is 0 Å². The van der Waals surface area contributed by atoms with Crippen molar-refractivity contribution in [3.63, 3.8) is 0 Å². The fraction of sp³-hybridized carbons (Fsp3) is 0.154. The maximum absolute atomic E-state index is 2.56. The predicted molar refractivity (Wildman–Crippen MR) is 225 cm³/mol. The van der Waals surface area contributed by atoms with Crippen molar-refractivity contribution < 1.29 is 0 Å². The van der Waals surface area contributed by atoms with Crippen LogP contribution in [0.25, 0.3) is 49.7 Å². The van der Waals surface area contributed by atoms with Crippen LogP contribution >= 0.6 is 0 Å². The van der Waals surface area contributed by atoms with Crippen LogP contribution in [0.15, 0.2) is 188 Å². The molecule has 0 amide bonds. The van der Waals surface area contributed by atoms with Crippen molar-refractivity contribution >= 4 is 33.4 Å². The molecule has 1 nitrogen and oxygen atoms in total. The van der Waals surface area contributed by atoms with E-state index in [4.69, 9.17) is 0 Å². The van der Waals surface area contributed by atoms with Crippen LogP contribution in [0.4, 0.5) is 17.1 Å². The number of anilines is 3. The van der Waals surface area contributed by atoms with Gasteiger partial charge in [0, 0.05) is 22.5 Å². The number of rotatable bonds is 7. The molecule has 3 aliphatic carbocycles. The van der Waals surface area contributed by atoms with Gasteiger partial charge < -0.3 is 4.90 Å². The maximum atomic E-state index is 2.56. The first-order valence-electron chi connectivity index (χ1n) is 19.4. The lowest BCUT2D eigenvalue weighted by Crippen LogP contribution is -2.17. The summed E-state index contributed by atoms with van der Waals surface area (Å²) in [5, 5.41) is 2.52. The molecule has 0 aromatic heterocycles. The van der Waals surface area contributed by atoms with Crippen molar-refractivity contribution in [3.05, 3.63) is 194 Å². The number of nitrogens with zero attached hydrogens (tertiary/aromatic N) is 1. The summed E-state index contributed by atoms with van der Waals surface area (Å²) in [6.45, 7) is 0. The Morgan fingerprint density at radius 3 is 1.77 bits per heavy atom. The summed E-state index contributed by atoms with van der Waals surface area (Å²) in [5.74, 6) is 0. The van der Waals surface area contributed by atoms with Gasteiger partial charge in [0.15, 0.2) is 0 Å². The molecule has 0 N–H and O–H groups in total. The molecule has 256 valence electrons. The summed E-state index contributed by atoms with van der Waals surface area (Å²) in [6, 6.07) is 62.5. The van der Waals surface area contributed by atoms with E-state index in [2.05, 4.69) is 193 Å². The molecule has 0 aliphatic heterocycles. The van der Waals surface area contributed by atoms with E-state index in [1.165, 1.54) is 88.2 Å². The van der Waals surface area contributed by atoms with E-state index in [0.717, 1.165) is 17.1 Å². The van der Waals surface area contributed by atoms with Gasteiger partial charge in [0.2, 0.25) is 0 Å². The zero-order valence-electron chi connectivity index (χ0n) is 30.1. The first-order chi connectivity index (χ1) is 26.2. The Morgan fingerprint density at radius 2 is 1.04 bits per heavy atom.